The van der Waals surface area contributed by atoms with Crippen molar-refractivity contribution in [1.82, 2.24) is 9.88 Å². The highest BCUT2D eigenvalue weighted by Gasteiger charge is 2.43. The zero-order valence-corrected chi connectivity index (χ0v) is 15.3. The number of methoxy groups -OCH3 is 1. The van der Waals surface area contributed by atoms with Gasteiger partial charge in [0.05, 0.1) is 13.2 Å². The maximum Gasteiger partial charge on any atom is 0.270 e. The number of carbonyl (C=O) groups excluding carboxylic acids is 1. The average Bonchev–Trinajstić information content (AvgIpc) is 3.21. The van der Waals surface area contributed by atoms with Crippen LogP contribution < -0.4 is 4.74 Å². The van der Waals surface area contributed by atoms with Crippen molar-refractivity contribution in [3.05, 3.63) is 52.8 Å². The Bertz CT molecular complexity index is 762. The van der Waals surface area contributed by atoms with Crippen LogP contribution in [-0.4, -0.2) is 40.6 Å². The summed E-state index contributed by atoms with van der Waals surface area (Å²) in [6.45, 7) is 6.33. The van der Waals surface area contributed by atoms with Gasteiger partial charge in [0.15, 0.2) is 0 Å². The van der Waals surface area contributed by atoms with Crippen LogP contribution in [-0.2, 0) is 5.60 Å². The molecule has 1 aromatic carbocycles. The third-order valence-electron chi connectivity index (χ3n) is 5.20. The number of aliphatic hydroxyl groups is 1. The van der Waals surface area contributed by atoms with Crippen molar-refractivity contribution in [2.75, 3.05) is 13.7 Å². The molecule has 0 spiro atoms. The molecule has 2 heterocycles. The molecule has 5 heteroatoms. The molecule has 0 saturated carbocycles. The largest absolute Gasteiger partial charge is 0.497 e. The second-order valence-corrected chi connectivity index (χ2v) is 7.04. The maximum atomic E-state index is 13.0. The van der Waals surface area contributed by atoms with Gasteiger partial charge in [0.1, 0.15) is 17.0 Å². The normalized spacial score (nSPS) is 19.7. The molecule has 2 N–H and O–H groups in total. The molecular formula is C20H26N2O3. The summed E-state index contributed by atoms with van der Waals surface area (Å²) in [5.74, 6) is 0.707. The number of hydrogen-bond donors (Lipinski definition) is 2. The highest BCUT2D eigenvalue weighted by atomic mass is 16.5. The maximum absolute atomic E-state index is 13.0. The number of rotatable bonds is 4. The third-order valence-corrected chi connectivity index (χ3v) is 5.20. The van der Waals surface area contributed by atoms with Gasteiger partial charge < -0.3 is 19.7 Å². The Morgan fingerprint density at radius 1 is 1.32 bits per heavy atom. The predicted octanol–water partition coefficient (Wildman–Crippen LogP) is 3.15. The van der Waals surface area contributed by atoms with Crippen molar-refractivity contribution in [1.29, 1.82) is 0 Å². The van der Waals surface area contributed by atoms with Gasteiger partial charge in [0.25, 0.3) is 5.91 Å². The number of aromatic nitrogens is 1. The summed E-state index contributed by atoms with van der Waals surface area (Å²) < 4.78 is 5.19. The van der Waals surface area contributed by atoms with Crippen molar-refractivity contribution >= 4 is 5.91 Å². The molecule has 1 aromatic heterocycles. The lowest BCUT2D eigenvalue weighted by atomic mass is 9.86. The average molecular weight is 342 g/mol. The molecule has 3 rings (SSSR count). The van der Waals surface area contributed by atoms with E-state index in [0.717, 1.165) is 35.4 Å². The summed E-state index contributed by atoms with van der Waals surface area (Å²) in [6, 6.07) is 9.12. The van der Waals surface area contributed by atoms with Crippen LogP contribution in [0.25, 0.3) is 0 Å². The fraction of sp³-hybridized carbons (Fsp3) is 0.450. The molecule has 2 atom stereocenters. The molecule has 1 aliphatic rings. The molecule has 1 aliphatic heterocycles. The number of aromatic amines is 1. The molecule has 0 aliphatic carbocycles. The van der Waals surface area contributed by atoms with E-state index < -0.39 is 5.60 Å². The topological polar surface area (TPSA) is 65.6 Å². The second-order valence-electron chi connectivity index (χ2n) is 7.04. The molecule has 0 radical (unpaired) electrons. The van der Waals surface area contributed by atoms with E-state index in [1.165, 1.54) is 0 Å². The first-order valence-corrected chi connectivity index (χ1v) is 8.68. The van der Waals surface area contributed by atoms with E-state index in [-0.39, 0.29) is 11.9 Å². The van der Waals surface area contributed by atoms with Crippen molar-refractivity contribution in [2.45, 2.75) is 45.3 Å². The zero-order valence-electron chi connectivity index (χ0n) is 15.3. The molecule has 5 nitrogen and oxygen atoms in total. The Balaban J connectivity index is 1.89. The summed E-state index contributed by atoms with van der Waals surface area (Å²) in [6.07, 6.45) is 1.67. The van der Waals surface area contributed by atoms with Crippen LogP contribution in [0.2, 0.25) is 0 Å². The number of likely N-dealkylation sites (tertiary alicyclic amines) is 1. The van der Waals surface area contributed by atoms with Crippen LogP contribution in [0.5, 0.6) is 5.75 Å². The van der Waals surface area contributed by atoms with Gasteiger partial charge in [-0.1, -0.05) is 12.1 Å². The van der Waals surface area contributed by atoms with Crippen molar-refractivity contribution in [3.8, 4) is 5.75 Å². The second kappa shape index (κ2) is 6.56. The minimum Gasteiger partial charge on any atom is -0.497 e. The Kier molecular flexibility index (Phi) is 4.60. The summed E-state index contributed by atoms with van der Waals surface area (Å²) >= 11 is 0. The lowest BCUT2D eigenvalue weighted by Gasteiger charge is -2.37. The van der Waals surface area contributed by atoms with Gasteiger partial charge in [-0.15, -0.1) is 0 Å². The molecular weight excluding hydrogens is 316 g/mol. The number of aryl methyl sites for hydroxylation is 2. The van der Waals surface area contributed by atoms with E-state index >= 15 is 0 Å². The fourth-order valence-corrected chi connectivity index (χ4v) is 3.81. The Morgan fingerprint density at radius 3 is 2.56 bits per heavy atom. The number of nitrogens with zero attached hydrogens (tertiary/aromatic N) is 1. The number of carbonyl (C=O) groups is 1. The number of H-pyrrole nitrogens is 1. The van der Waals surface area contributed by atoms with Gasteiger partial charge in [0, 0.05) is 12.2 Å². The lowest BCUT2D eigenvalue weighted by molar-refractivity contribution is -0.0179. The van der Waals surface area contributed by atoms with Crippen LogP contribution in [0.4, 0.5) is 0 Å². The van der Waals surface area contributed by atoms with Crippen LogP contribution >= 0.6 is 0 Å². The fourth-order valence-electron chi connectivity index (χ4n) is 3.81. The number of ether oxygens (including phenoxy) is 1. The van der Waals surface area contributed by atoms with E-state index in [1.54, 1.807) is 14.0 Å². The predicted molar refractivity (Wildman–Crippen MR) is 96.9 cm³/mol. The monoisotopic (exact) mass is 342 g/mol. The first-order chi connectivity index (χ1) is 11.8. The number of benzene rings is 1. The SMILES string of the molecule is COc1ccc([C@](C)(O)[C@@H]2CCCN2C(=O)c2[nH]c(C)cc2C)cc1. The van der Waals surface area contributed by atoms with E-state index in [1.807, 2.05) is 49.1 Å². The molecule has 0 unspecified atom stereocenters. The van der Waals surface area contributed by atoms with E-state index in [4.69, 9.17) is 4.74 Å². The van der Waals surface area contributed by atoms with Crippen LogP contribution in [0.1, 0.15) is 47.1 Å². The molecule has 1 amide bonds. The van der Waals surface area contributed by atoms with Gasteiger partial charge in [-0.2, -0.15) is 0 Å². The molecule has 25 heavy (non-hydrogen) atoms. The molecule has 2 aromatic rings. The standard InChI is InChI=1S/C20H26N2O3/c1-13-12-14(2)21-18(13)19(23)22-11-5-6-17(22)20(3,24)15-7-9-16(25-4)10-8-15/h7-10,12,17,21,24H,5-6,11H2,1-4H3/t17-,20-/m0/s1. The van der Waals surface area contributed by atoms with Gasteiger partial charge in [-0.3, -0.25) is 4.79 Å². The van der Waals surface area contributed by atoms with Gasteiger partial charge >= 0.3 is 0 Å². The van der Waals surface area contributed by atoms with Crippen LogP contribution in [0, 0.1) is 13.8 Å². The van der Waals surface area contributed by atoms with Crippen LogP contribution in [0.15, 0.2) is 30.3 Å². The summed E-state index contributed by atoms with van der Waals surface area (Å²) in [7, 11) is 1.62. The van der Waals surface area contributed by atoms with Crippen molar-refractivity contribution in [3.63, 3.8) is 0 Å². The Morgan fingerprint density at radius 2 is 2.00 bits per heavy atom. The Labute approximate surface area is 148 Å². The summed E-state index contributed by atoms with van der Waals surface area (Å²) in [5.41, 5.74) is 2.21. The van der Waals surface area contributed by atoms with Gasteiger partial charge in [0.2, 0.25) is 0 Å². The Hall–Kier alpha value is -2.27. The van der Waals surface area contributed by atoms with Crippen molar-refractivity contribution < 1.29 is 14.6 Å². The molecule has 0 bridgehead atoms. The molecule has 134 valence electrons. The lowest BCUT2D eigenvalue weighted by Crippen LogP contribution is -2.48. The smallest absolute Gasteiger partial charge is 0.270 e. The number of amides is 1. The first-order valence-electron chi connectivity index (χ1n) is 8.68. The van der Waals surface area contributed by atoms with Gasteiger partial charge in [-0.25, -0.2) is 0 Å². The van der Waals surface area contributed by atoms with Gasteiger partial charge in [-0.05, 0) is 62.9 Å². The minimum atomic E-state index is -1.12. The van der Waals surface area contributed by atoms with E-state index in [9.17, 15) is 9.90 Å². The van der Waals surface area contributed by atoms with Crippen LogP contribution in [0.3, 0.4) is 0 Å². The number of hydrogen-bond acceptors (Lipinski definition) is 3. The zero-order chi connectivity index (χ0) is 18.2. The third kappa shape index (κ3) is 3.16. The van der Waals surface area contributed by atoms with Crippen molar-refractivity contribution in [2.24, 2.45) is 0 Å². The van der Waals surface area contributed by atoms with E-state index in [2.05, 4.69) is 4.98 Å². The summed E-state index contributed by atoms with van der Waals surface area (Å²) in [5, 5.41) is 11.2. The quantitative estimate of drug-likeness (QED) is 0.897. The number of nitrogens with one attached hydrogen (secondary N) is 1. The molecule has 1 fully saturated rings. The first kappa shape index (κ1) is 17.5. The van der Waals surface area contributed by atoms with E-state index in [0.29, 0.717) is 12.2 Å². The highest BCUT2D eigenvalue weighted by Crippen LogP contribution is 2.36. The minimum absolute atomic E-state index is 0.0399. The molecule has 1 saturated heterocycles. The summed E-state index contributed by atoms with van der Waals surface area (Å²) in [4.78, 5) is 18.0. The highest BCUT2D eigenvalue weighted by molar-refractivity contribution is 5.94.